The van der Waals surface area contributed by atoms with E-state index in [0.29, 0.717) is 16.9 Å². The first-order valence-corrected chi connectivity index (χ1v) is 7.24. The Morgan fingerprint density at radius 3 is 2.35 bits per heavy atom. The number of hydrogen-bond donors (Lipinski definition) is 0. The fourth-order valence-electron chi connectivity index (χ4n) is 2.92. The summed E-state index contributed by atoms with van der Waals surface area (Å²) in [6.07, 6.45) is -4.80. The molecule has 23 heavy (non-hydrogen) atoms. The number of halogens is 3. The quantitative estimate of drug-likeness (QED) is 0.737. The van der Waals surface area contributed by atoms with Crippen molar-refractivity contribution in [1.29, 1.82) is 0 Å². The maximum atomic E-state index is 12.6. The van der Waals surface area contributed by atoms with E-state index in [1.165, 1.54) is 12.1 Å². The predicted molar refractivity (Wildman–Crippen MR) is 79.7 cm³/mol. The fraction of sp³-hybridized carbons (Fsp3) is 0.278. The third-order valence-electron chi connectivity index (χ3n) is 3.97. The molecule has 0 radical (unpaired) electrons. The lowest BCUT2D eigenvalue weighted by Gasteiger charge is -2.27. The van der Waals surface area contributed by atoms with E-state index in [-0.39, 0.29) is 12.2 Å². The summed E-state index contributed by atoms with van der Waals surface area (Å²) in [5.41, 5.74) is 2.25. The van der Waals surface area contributed by atoms with E-state index in [2.05, 4.69) is 0 Å². The van der Waals surface area contributed by atoms with Gasteiger partial charge in [-0.25, -0.2) is 0 Å². The van der Waals surface area contributed by atoms with Gasteiger partial charge in [-0.15, -0.1) is 0 Å². The first-order valence-electron chi connectivity index (χ1n) is 7.24. The molecular weight excluding hydrogens is 305 g/mol. The van der Waals surface area contributed by atoms with Crippen molar-refractivity contribution in [2.45, 2.75) is 32.5 Å². The van der Waals surface area contributed by atoms with Crippen molar-refractivity contribution < 1.29 is 22.7 Å². The summed E-state index contributed by atoms with van der Waals surface area (Å²) in [6.45, 7) is 3.76. The van der Waals surface area contributed by atoms with Crippen molar-refractivity contribution >= 4 is 5.78 Å². The lowest BCUT2D eigenvalue weighted by atomic mass is 9.92. The average molecular weight is 320 g/mol. The third kappa shape index (κ3) is 2.96. The Labute approximate surface area is 131 Å². The summed E-state index contributed by atoms with van der Waals surface area (Å²) in [5, 5.41) is 0. The molecule has 2 nitrogen and oxygen atoms in total. The van der Waals surface area contributed by atoms with Crippen molar-refractivity contribution in [2.24, 2.45) is 0 Å². The summed E-state index contributed by atoms with van der Waals surface area (Å²) < 4.78 is 43.7. The van der Waals surface area contributed by atoms with E-state index < -0.39 is 17.8 Å². The second-order valence-electron chi connectivity index (χ2n) is 5.81. The van der Waals surface area contributed by atoms with Crippen LogP contribution in [0.1, 0.15) is 45.1 Å². The highest BCUT2D eigenvalue weighted by molar-refractivity contribution is 6.01. The number of ether oxygens (including phenoxy) is 1. The van der Waals surface area contributed by atoms with E-state index in [1.807, 2.05) is 19.9 Å². The monoisotopic (exact) mass is 320 g/mol. The Kier molecular flexibility index (Phi) is 3.66. The minimum Gasteiger partial charge on any atom is -0.484 e. The van der Waals surface area contributed by atoms with Crippen LogP contribution in [0.4, 0.5) is 13.2 Å². The summed E-state index contributed by atoms with van der Waals surface area (Å²) in [7, 11) is 0. The van der Waals surface area contributed by atoms with Crippen molar-refractivity contribution in [3.05, 3.63) is 64.2 Å². The van der Waals surface area contributed by atoms with Crippen LogP contribution in [0, 0.1) is 13.8 Å². The number of alkyl halides is 3. The Morgan fingerprint density at radius 1 is 1.09 bits per heavy atom. The molecule has 1 aliphatic rings. The summed E-state index contributed by atoms with van der Waals surface area (Å²) in [5.74, 6) is 0.456. The number of benzene rings is 2. The Bertz CT molecular complexity index is 761. The normalized spacial score (nSPS) is 17.6. The average Bonchev–Trinajstić information content (AvgIpc) is 2.45. The second-order valence-corrected chi connectivity index (χ2v) is 5.81. The molecule has 1 heterocycles. The molecule has 2 aromatic carbocycles. The smallest absolute Gasteiger partial charge is 0.416 e. The van der Waals surface area contributed by atoms with Gasteiger partial charge >= 0.3 is 6.18 Å². The zero-order chi connectivity index (χ0) is 16.8. The van der Waals surface area contributed by atoms with E-state index >= 15 is 0 Å². The van der Waals surface area contributed by atoms with E-state index in [4.69, 9.17) is 4.74 Å². The topological polar surface area (TPSA) is 26.3 Å². The first kappa shape index (κ1) is 15.6. The number of rotatable bonds is 1. The van der Waals surface area contributed by atoms with Gasteiger partial charge in [0.1, 0.15) is 11.9 Å². The van der Waals surface area contributed by atoms with Gasteiger partial charge in [-0.1, -0.05) is 18.2 Å². The molecule has 0 saturated carbocycles. The Balaban J connectivity index is 1.93. The van der Waals surface area contributed by atoms with Crippen molar-refractivity contribution in [3.63, 3.8) is 0 Å². The summed E-state index contributed by atoms with van der Waals surface area (Å²) in [6, 6.07) is 8.47. The molecule has 0 saturated heterocycles. The molecular formula is C18H15F3O2. The lowest BCUT2D eigenvalue weighted by molar-refractivity contribution is -0.137. The summed E-state index contributed by atoms with van der Waals surface area (Å²) >= 11 is 0. The Morgan fingerprint density at radius 2 is 1.74 bits per heavy atom. The van der Waals surface area contributed by atoms with E-state index in [1.54, 1.807) is 6.07 Å². The molecule has 0 amide bonds. The highest BCUT2D eigenvalue weighted by Gasteiger charge is 2.32. The molecule has 0 N–H and O–H groups in total. The number of hydrogen-bond acceptors (Lipinski definition) is 2. The van der Waals surface area contributed by atoms with Gasteiger partial charge < -0.3 is 4.74 Å². The first-order chi connectivity index (χ1) is 10.8. The van der Waals surface area contributed by atoms with Crippen LogP contribution >= 0.6 is 0 Å². The number of fused-ring (bicyclic) bond motifs is 1. The van der Waals surface area contributed by atoms with Crippen LogP contribution < -0.4 is 4.74 Å². The molecule has 2 aromatic rings. The predicted octanol–water partition coefficient (Wildman–Crippen LogP) is 5.03. The standard InChI is InChI=1S/C18H15F3O2/c1-10-7-11(2)17-14(22)9-15(23-16(17)8-10)12-3-5-13(6-4-12)18(19,20)21/h3-8,15H,9H2,1-2H3/t15-/m1/s1. The Hall–Kier alpha value is -2.30. The number of ketones is 1. The van der Waals surface area contributed by atoms with Crippen LogP contribution in [-0.4, -0.2) is 5.78 Å². The zero-order valence-corrected chi connectivity index (χ0v) is 12.7. The number of carbonyl (C=O) groups excluding carboxylic acids is 1. The highest BCUT2D eigenvalue weighted by atomic mass is 19.4. The molecule has 0 aliphatic carbocycles. The molecule has 5 heteroatoms. The molecule has 3 rings (SSSR count). The van der Waals surface area contributed by atoms with E-state index in [9.17, 15) is 18.0 Å². The van der Waals surface area contributed by atoms with Crippen molar-refractivity contribution in [1.82, 2.24) is 0 Å². The van der Waals surface area contributed by atoms with Crippen molar-refractivity contribution in [3.8, 4) is 5.75 Å². The number of aryl methyl sites for hydroxylation is 2. The summed E-state index contributed by atoms with van der Waals surface area (Å²) in [4.78, 5) is 12.4. The second kappa shape index (κ2) is 5.41. The van der Waals surface area contributed by atoms with Gasteiger partial charge in [-0.3, -0.25) is 4.79 Å². The van der Waals surface area contributed by atoms with Gasteiger partial charge in [0.2, 0.25) is 0 Å². The van der Waals surface area contributed by atoms with Gasteiger partial charge in [0.05, 0.1) is 17.5 Å². The lowest BCUT2D eigenvalue weighted by Crippen LogP contribution is -2.21. The van der Waals surface area contributed by atoms with Crippen LogP contribution in [0.25, 0.3) is 0 Å². The maximum absolute atomic E-state index is 12.6. The van der Waals surface area contributed by atoms with E-state index in [0.717, 1.165) is 23.3 Å². The molecule has 0 spiro atoms. The fourth-order valence-corrected chi connectivity index (χ4v) is 2.92. The SMILES string of the molecule is Cc1cc(C)c2c(c1)O[C@@H](c1ccc(C(F)(F)F)cc1)CC2=O. The molecule has 0 unspecified atom stereocenters. The zero-order valence-electron chi connectivity index (χ0n) is 12.7. The highest BCUT2D eigenvalue weighted by Crippen LogP contribution is 2.38. The molecule has 1 atom stereocenters. The molecule has 0 fully saturated rings. The van der Waals surface area contributed by atoms with Crippen LogP contribution in [-0.2, 0) is 6.18 Å². The number of carbonyl (C=O) groups is 1. The van der Waals surface area contributed by atoms with Crippen LogP contribution in [0.2, 0.25) is 0 Å². The molecule has 0 aromatic heterocycles. The maximum Gasteiger partial charge on any atom is 0.416 e. The minimum absolute atomic E-state index is 0.0475. The molecule has 0 bridgehead atoms. The van der Waals surface area contributed by atoms with Crippen LogP contribution in [0.15, 0.2) is 36.4 Å². The molecule has 120 valence electrons. The van der Waals surface area contributed by atoms with Gasteiger partial charge in [0, 0.05) is 0 Å². The molecule has 1 aliphatic heterocycles. The van der Waals surface area contributed by atoms with Crippen LogP contribution in [0.3, 0.4) is 0 Å². The van der Waals surface area contributed by atoms with Gasteiger partial charge in [0.15, 0.2) is 5.78 Å². The van der Waals surface area contributed by atoms with Gasteiger partial charge in [0.25, 0.3) is 0 Å². The largest absolute Gasteiger partial charge is 0.484 e. The van der Waals surface area contributed by atoms with Gasteiger partial charge in [-0.2, -0.15) is 13.2 Å². The van der Waals surface area contributed by atoms with Crippen LogP contribution in [0.5, 0.6) is 5.75 Å². The number of Topliss-reactive ketones (excluding diaryl/α,β-unsaturated/α-hetero) is 1. The van der Waals surface area contributed by atoms with Crippen molar-refractivity contribution in [2.75, 3.05) is 0 Å². The minimum atomic E-state index is -4.37. The van der Waals surface area contributed by atoms with Gasteiger partial charge in [-0.05, 0) is 48.7 Å². The third-order valence-corrected chi connectivity index (χ3v) is 3.97.